The molecule has 1 atom stereocenters. The van der Waals surface area contributed by atoms with E-state index < -0.39 is 0 Å². The van der Waals surface area contributed by atoms with Crippen molar-refractivity contribution in [3.8, 4) is 0 Å². The molecule has 0 aliphatic heterocycles. The van der Waals surface area contributed by atoms with Gasteiger partial charge in [0.25, 0.3) is 0 Å². The maximum Gasteiger partial charge on any atom is 0.220 e. The number of hydrogen-bond acceptors (Lipinski definition) is 3. The Bertz CT molecular complexity index is 413. The molecule has 1 aliphatic rings. The summed E-state index contributed by atoms with van der Waals surface area (Å²) in [5.41, 5.74) is 5.65. The Morgan fingerprint density at radius 2 is 2.39 bits per heavy atom. The zero-order valence-electron chi connectivity index (χ0n) is 10.2. The second kappa shape index (κ2) is 6.29. The van der Waals surface area contributed by atoms with Crippen molar-refractivity contribution in [1.29, 1.82) is 0 Å². The summed E-state index contributed by atoms with van der Waals surface area (Å²) in [6.45, 7) is 0. The number of amides is 1. The molecule has 0 bridgehead atoms. The average molecular weight is 282 g/mol. The van der Waals surface area contributed by atoms with Gasteiger partial charge in [-0.2, -0.15) is 0 Å². The molecule has 3 N–H and O–H groups in total. The average Bonchev–Trinajstić information content (AvgIpc) is 3.03. The number of thiocarbonyl (C=S) groups is 1. The van der Waals surface area contributed by atoms with Gasteiger partial charge in [-0.1, -0.05) is 18.3 Å². The van der Waals surface area contributed by atoms with Crippen LogP contribution in [0.1, 0.15) is 30.6 Å². The van der Waals surface area contributed by atoms with Crippen molar-refractivity contribution in [1.82, 2.24) is 5.32 Å². The lowest BCUT2D eigenvalue weighted by molar-refractivity contribution is -0.121. The van der Waals surface area contributed by atoms with E-state index in [-0.39, 0.29) is 11.9 Å². The summed E-state index contributed by atoms with van der Waals surface area (Å²) in [6.07, 6.45) is 4.63. The lowest BCUT2D eigenvalue weighted by Crippen LogP contribution is -2.44. The Morgan fingerprint density at radius 3 is 2.94 bits per heavy atom. The van der Waals surface area contributed by atoms with Crippen molar-refractivity contribution in [3.63, 3.8) is 0 Å². The van der Waals surface area contributed by atoms with Crippen molar-refractivity contribution in [3.05, 3.63) is 22.4 Å². The maximum absolute atomic E-state index is 11.8. The van der Waals surface area contributed by atoms with E-state index in [4.69, 9.17) is 18.0 Å². The van der Waals surface area contributed by atoms with Crippen LogP contribution >= 0.6 is 23.6 Å². The second-order valence-electron chi connectivity index (χ2n) is 4.72. The van der Waals surface area contributed by atoms with Gasteiger partial charge in [0.2, 0.25) is 5.91 Å². The van der Waals surface area contributed by atoms with E-state index in [0.29, 0.717) is 17.3 Å². The summed E-state index contributed by atoms with van der Waals surface area (Å²) in [5.74, 6) is 0.542. The fourth-order valence-electron chi connectivity index (χ4n) is 1.97. The number of hydrogen-bond donors (Lipinski definition) is 2. The van der Waals surface area contributed by atoms with Crippen LogP contribution in [0.4, 0.5) is 0 Å². The topological polar surface area (TPSA) is 55.1 Å². The molecule has 1 heterocycles. The van der Waals surface area contributed by atoms with Gasteiger partial charge in [-0.3, -0.25) is 4.79 Å². The third-order valence-corrected chi connectivity index (χ3v) is 4.31. The Labute approximate surface area is 117 Å². The van der Waals surface area contributed by atoms with E-state index >= 15 is 0 Å². The number of carbonyl (C=O) groups excluding carboxylic acids is 1. The number of rotatable bonds is 7. The predicted molar refractivity (Wildman–Crippen MR) is 78.7 cm³/mol. The maximum atomic E-state index is 11.8. The van der Waals surface area contributed by atoms with Crippen molar-refractivity contribution in [2.75, 3.05) is 0 Å². The van der Waals surface area contributed by atoms with Gasteiger partial charge in [0.15, 0.2) is 0 Å². The molecule has 0 radical (unpaired) electrons. The number of thiophene rings is 1. The number of nitrogens with one attached hydrogen (secondary N) is 1. The van der Waals surface area contributed by atoms with Crippen LogP contribution in [0.3, 0.4) is 0 Å². The first kappa shape index (κ1) is 13.5. The largest absolute Gasteiger partial charge is 0.392 e. The molecule has 0 aromatic carbocycles. The van der Waals surface area contributed by atoms with Crippen LogP contribution in [0.15, 0.2) is 17.5 Å². The molecule has 98 valence electrons. The van der Waals surface area contributed by atoms with Crippen LogP contribution < -0.4 is 11.1 Å². The number of aryl methyl sites for hydroxylation is 1. The summed E-state index contributed by atoms with van der Waals surface area (Å²) >= 11 is 6.73. The second-order valence-corrected chi connectivity index (χ2v) is 6.22. The SMILES string of the molecule is NC(=S)C(NC(=O)CCCc1cccs1)C1CC1. The molecule has 1 unspecified atom stereocenters. The van der Waals surface area contributed by atoms with Crippen molar-refractivity contribution in [2.24, 2.45) is 11.7 Å². The molecule has 0 saturated heterocycles. The van der Waals surface area contributed by atoms with Crippen LogP contribution in [0, 0.1) is 5.92 Å². The quantitative estimate of drug-likeness (QED) is 0.754. The highest BCUT2D eigenvalue weighted by molar-refractivity contribution is 7.80. The molecule has 1 aromatic rings. The Balaban J connectivity index is 1.69. The van der Waals surface area contributed by atoms with Crippen LogP contribution in [0.25, 0.3) is 0 Å². The molecule has 5 heteroatoms. The zero-order chi connectivity index (χ0) is 13.0. The molecule has 1 fully saturated rings. The third kappa shape index (κ3) is 4.07. The van der Waals surface area contributed by atoms with Crippen molar-refractivity contribution < 1.29 is 4.79 Å². The molecule has 1 amide bonds. The smallest absolute Gasteiger partial charge is 0.220 e. The van der Waals surface area contributed by atoms with Gasteiger partial charge in [0.1, 0.15) is 0 Å². The standard InChI is InChI=1S/C13H18N2OS2/c14-13(17)12(9-6-7-9)15-11(16)5-1-3-10-4-2-8-18-10/h2,4,8-9,12H,1,3,5-7H2,(H2,14,17)(H,15,16). The van der Waals surface area contributed by atoms with Crippen LogP contribution in [0.5, 0.6) is 0 Å². The van der Waals surface area contributed by atoms with Gasteiger partial charge in [-0.15, -0.1) is 11.3 Å². The van der Waals surface area contributed by atoms with Gasteiger partial charge in [-0.05, 0) is 43.0 Å². The minimum Gasteiger partial charge on any atom is -0.392 e. The van der Waals surface area contributed by atoms with E-state index in [2.05, 4.69) is 16.8 Å². The Kier molecular flexibility index (Phi) is 4.72. The first-order valence-electron chi connectivity index (χ1n) is 6.28. The van der Waals surface area contributed by atoms with Gasteiger partial charge >= 0.3 is 0 Å². The van der Waals surface area contributed by atoms with E-state index in [1.54, 1.807) is 11.3 Å². The van der Waals surface area contributed by atoms with Crippen LogP contribution in [0.2, 0.25) is 0 Å². The Hall–Kier alpha value is -0.940. The van der Waals surface area contributed by atoms with Gasteiger partial charge in [0.05, 0.1) is 11.0 Å². The molecule has 18 heavy (non-hydrogen) atoms. The molecule has 1 aromatic heterocycles. The molecule has 0 spiro atoms. The highest BCUT2D eigenvalue weighted by Crippen LogP contribution is 2.32. The number of nitrogens with two attached hydrogens (primary N) is 1. The van der Waals surface area contributed by atoms with Gasteiger partial charge in [0, 0.05) is 11.3 Å². The third-order valence-electron chi connectivity index (χ3n) is 3.12. The van der Waals surface area contributed by atoms with Gasteiger partial charge in [-0.25, -0.2) is 0 Å². The fourth-order valence-corrected chi connectivity index (χ4v) is 2.98. The summed E-state index contributed by atoms with van der Waals surface area (Å²) in [4.78, 5) is 13.5. The monoisotopic (exact) mass is 282 g/mol. The molecule has 2 rings (SSSR count). The number of carbonyl (C=O) groups is 1. The summed E-state index contributed by atoms with van der Waals surface area (Å²) in [5, 5.41) is 5.02. The lowest BCUT2D eigenvalue weighted by Gasteiger charge is -2.16. The van der Waals surface area contributed by atoms with Crippen molar-refractivity contribution >= 4 is 34.5 Å². The summed E-state index contributed by atoms with van der Waals surface area (Å²) in [6, 6.07) is 4.05. The predicted octanol–water partition coefficient (Wildman–Crippen LogP) is 2.25. The van der Waals surface area contributed by atoms with Crippen LogP contribution in [-0.4, -0.2) is 16.9 Å². The molecule has 3 nitrogen and oxygen atoms in total. The molecular formula is C13H18N2OS2. The van der Waals surface area contributed by atoms with E-state index in [9.17, 15) is 4.79 Å². The summed E-state index contributed by atoms with van der Waals surface area (Å²) < 4.78 is 0. The Morgan fingerprint density at radius 1 is 1.61 bits per heavy atom. The van der Waals surface area contributed by atoms with Gasteiger partial charge < -0.3 is 11.1 Å². The zero-order valence-corrected chi connectivity index (χ0v) is 11.9. The lowest BCUT2D eigenvalue weighted by atomic mass is 10.1. The minimum atomic E-state index is -0.0887. The fraction of sp³-hybridized carbons (Fsp3) is 0.538. The molecular weight excluding hydrogens is 264 g/mol. The molecule has 1 aliphatic carbocycles. The molecule has 1 saturated carbocycles. The van der Waals surface area contributed by atoms with Crippen molar-refractivity contribution in [2.45, 2.75) is 38.1 Å². The highest BCUT2D eigenvalue weighted by atomic mass is 32.1. The highest BCUT2D eigenvalue weighted by Gasteiger charge is 2.33. The first-order valence-corrected chi connectivity index (χ1v) is 7.56. The van der Waals surface area contributed by atoms with E-state index in [0.717, 1.165) is 25.7 Å². The van der Waals surface area contributed by atoms with E-state index in [1.807, 2.05) is 6.07 Å². The van der Waals surface area contributed by atoms with Crippen LogP contribution in [-0.2, 0) is 11.2 Å². The summed E-state index contributed by atoms with van der Waals surface area (Å²) in [7, 11) is 0. The minimum absolute atomic E-state index is 0.0660. The first-order chi connectivity index (χ1) is 8.66. The normalized spacial score (nSPS) is 16.2. The van der Waals surface area contributed by atoms with E-state index in [1.165, 1.54) is 4.88 Å².